The highest BCUT2D eigenvalue weighted by Gasteiger charge is 2.26. The van der Waals surface area contributed by atoms with Gasteiger partial charge in [0.15, 0.2) is 0 Å². The van der Waals surface area contributed by atoms with Crippen LogP contribution in [0.2, 0.25) is 0 Å². The largest absolute Gasteiger partial charge is 0.359 e. The third-order valence-corrected chi connectivity index (χ3v) is 13.3. The van der Waals surface area contributed by atoms with Gasteiger partial charge in [-0.1, -0.05) is 84.9 Å². The zero-order valence-corrected chi connectivity index (χ0v) is 38.2. The number of hydrogen-bond acceptors (Lipinski definition) is 4. The SMILES string of the molecule is CC1=NC(=Cc2[nH]c(C)c(CC(=O)N[C@@H](C)c3cccc4ccccc34)c2C)C(C)=C1CC1=C(C)/C(=C\c2[nH]c(C)c(CC(=O)N[C@@H](C)c3cccc4ccccc34)c2C)N=C1C. The van der Waals surface area contributed by atoms with Crippen LogP contribution in [-0.4, -0.2) is 33.2 Å². The second kappa shape index (κ2) is 17.5. The molecule has 0 saturated heterocycles. The lowest BCUT2D eigenvalue weighted by atomic mass is 9.93. The number of benzene rings is 4. The Kier molecular flexibility index (Phi) is 11.9. The standard InChI is InChI=1S/C55H58N6O2/c1-30-46(36(7)56-50(30)28-52-32(3)48(38(9)58-52)26-54(62)60-34(5)42-23-15-19-40-17-11-13-21-44(40)42)25-47-31(2)51(57-37(47)8)29-53-33(4)49(39(10)59-53)27-55(63)61-35(6)43-24-16-20-41-18-12-14-22-45(41)43/h11-24,28-29,34-35,58-59H,25-27H2,1-10H3,(H,60,62)(H,61,63)/b50-28+,51-29?/t34-,35-/m0/s1. The number of H-pyrrole nitrogens is 2. The number of hydrogen-bond donors (Lipinski definition) is 4. The van der Waals surface area contributed by atoms with Crippen LogP contribution in [0.15, 0.2) is 129 Å². The quantitative estimate of drug-likeness (QED) is 0.0983. The third kappa shape index (κ3) is 8.55. The summed E-state index contributed by atoms with van der Waals surface area (Å²) in [5.74, 6) is -0.0163. The van der Waals surface area contributed by atoms with Crippen molar-refractivity contribution in [3.8, 4) is 0 Å². The molecule has 0 unspecified atom stereocenters. The van der Waals surface area contributed by atoms with Gasteiger partial charge in [0.1, 0.15) is 0 Å². The number of fused-ring (bicyclic) bond motifs is 2. The van der Waals surface area contributed by atoms with Crippen LogP contribution in [0.25, 0.3) is 33.7 Å². The first kappa shape index (κ1) is 42.9. The third-order valence-electron chi connectivity index (χ3n) is 13.3. The molecule has 8 rings (SSSR count). The lowest BCUT2D eigenvalue weighted by molar-refractivity contribution is -0.121. The predicted molar refractivity (Wildman–Crippen MR) is 261 cm³/mol. The number of aromatic nitrogens is 2. The van der Waals surface area contributed by atoms with E-state index in [0.29, 0.717) is 12.8 Å². The molecule has 4 heterocycles. The van der Waals surface area contributed by atoms with Gasteiger partial charge in [0.05, 0.1) is 36.3 Å². The van der Waals surface area contributed by atoms with E-state index in [2.05, 4.69) is 123 Å². The fraction of sp³-hybridized carbons (Fsp3) is 0.273. The highest BCUT2D eigenvalue weighted by atomic mass is 16.2. The monoisotopic (exact) mass is 834 g/mol. The van der Waals surface area contributed by atoms with Crippen molar-refractivity contribution < 1.29 is 9.59 Å². The maximum Gasteiger partial charge on any atom is 0.224 e. The van der Waals surface area contributed by atoms with E-state index in [1.165, 1.54) is 21.9 Å². The molecule has 0 radical (unpaired) electrons. The normalized spacial score (nSPS) is 16.4. The van der Waals surface area contributed by atoms with Crippen LogP contribution in [0, 0.1) is 27.7 Å². The van der Waals surface area contributed by atoms with Gasteiger partial charge >= 0.3 is 0 Å². The molecule has 6 aromatic rings. The number of aromatic amines is 2. The molecule has 0 bridgehead atoms. The number of rotatable bonds is 12. The zero-order chi connectivity index (χ0) is 44.7. The van der Waals surface area contributed by atoms with Crippen LogP contribution in [0.4, 0.5) is 0 Å². The Labute approximate surface area is 371 Å². The fourth-order valence-electron chi connectivity index (χ4n) is 9.53. The fourth-order valence-corrected chi connectivity index (χ4v) is 9.53. The maximum atomic E-state index is 13.4. The van der Waals surface area contributed by atoms with Crippen molar-refractivity contribution in [1.82, 2.24) is 20.6 Å². The van der Waals surface area contributed by atoms with E-state index in [-0.39, 0.29) is 23.9 Å². The molecule has 2 atom stereocenters. The molecule has 0 saturated carbocycles. The summed E-state index contributed by atoms with van der Waals surface area (Å²) in [4.78, 5) is 44.1. The summed E-state index contributed by atoms with van der Waals surface area (Å²) in [7, 11) is 0. The first-order valence-electron chi connectivity index (χ1n) is 22.0. The second-order valence-corrected chi connectivity index (χ2v) is 17.4. The molecule has 0 aliphatic carbocycles. The van der Waals surface area contributed by atoms with E-state index in [1.54, 1.807) is 0 Å². The van der Waals surface area contributed by atoms with E-state index >= 15 is 0 Å². The van der Waals surface area contributed by atoms with Gasteiger partial charge in [0.2, 0.25) is 11.8 Å². The number of aryl methyl sites for hydroxylation is 2. The summed E-state index contributed by atoms with van der Waals surface area (Å²) in [5.41, 5.74) is 18.8. The second-order valence-electron chi connectivity index (χ2n) is 17.4. The van der Waals surface area contributed by atoms with Crippen molar-refractivity contribution in [2.75, 3.05) is 0 Å². The topological polar surface area (TPSA) is 114 Å². The van der Waals surface area contributed by atoms with Crippen molar-refractivity contribution in [2.45, 2.75) is 101 Å². The number of carbonyl (C=O) groups is 2. The van der Waals surface area contributed by atoms with Gasteiger partial charge in [-0.05, 0) is 159 Å². The summed E-state index contributed by atoms with van der Waals surface area (Å²) >= 11 is 0. The predicted octanol–water partition coefficient (Wildman–Crippen LogP) is 12.1. The van der Waals surface area contributed by atoms with Gasteiger partial charge in [-0.3, -0.25) is 19.6 Å². The molecule has 0 fully saturated rings. The van der Waals surface area contributed by atoms with Crippen LogP contribution < -0.4 is 10.6 Å². The van der Waals surface area contributed by atoms with Crippen LogP contribution in [0.1, 0.15) is 116 Å². The minimum atomic E-state index is -0.123. The molecule has 8 heteroatoms. The Morgan fingerprint density at radius 2 is 0.937 bits per heavy atom. The Bertz CT molecular complexity index is 2820. The molecule has 320 valence electrons. The van der Waals surface area contributed by atoms with E-state index in [4.69, 9.17) is 9.98 Å². The summed E-state index contributed by atoms with van der Waals surface area (Å²) in [5, 5.41) is 11.1. The molecule has 4 N–H and O–H groups in total. The van der Waals surface area contributed by atoms with Crippen LogP contribution in [0.3, 0.4) is 0 Å². The number of carbonyl (C=O) groups excluding carboxylic acids is 2. The van der Waals surface area contributed by atoms with Crippen molar-refractivity contribution in [3.05, 3.63) is 175 Å². The molecule has 2 aliphatic heterocycles. The summed E-state index contributed by atoms with van der Waals surface area (Å²) in [6.45, 7) is 20.8. The Hall–Kier alpha value is -6.80. The molecule has 0 spiro atoms. The zero-order valence-electron chi connectivity index (χ0n) is 38.2. The van der Waals surface area contributed by atoms with Gasteiger partial charge in [0, 0.05) is 40.6 Å². The van der Waals surface area contributed by atoms with Crippen LogP contribution in [0.5, 0.6) is 0 Å². The maximum absolute atomic E-state index is 13.4. The molecule has 8 nitrogen and oxygen atoms in total. The number of aliphatic imine (C=N–C) groups is 2. The van der Waals surface area contributed by atoms with Crippen LogP contribution >= 0.6 is 0 Å². The van der Waals surface area contributed by atoms with Gasteiger partial charge in [-0.2, -0.15) is 0 Å². The van der Waals surface area contributed by atoms with Crippen LogP contribution in [-0.2, 0) is 22.4 Å². The molecular weight excluding hydrogens is 777 g/mol. The van der Waals surface area contributed by atoms with Crippen molar-refractivity contribution in [2.24, 2.45) is 9.98 Å². The molecule has 4 aromatic carbocycles. The minimum Gasteiger partial charge on any atom is -0.359 e. The lowest BCUT2D eigenvalue weighted by Crippen LogP contribution is -2.28. The first-order chi connectivity index (χ1) is 30.2. The van der Waals surface area contributed by atoms with E-state index in [0.717, 1.165) is 107 Å². The van der Waals surface area contributed by atoms with E-state index in [1.807, 2.05) is 64.1 Å². The van der Waals surface area contributed by atoms with Gasteiger partial charge < -0.3 is 20.6 Å². The molecule has 2 aromatic heterocycles. The van der Waals surface area contributed by atoms with Crippen molar-refractivity contribution >= 4 is 56.9 Å². The Morgan fingerprint density at radius 1 is 0.556 bits per heavy atom. The van der Waals surface area contributed by atoms with Gasteiger partial charge in [-0.25, -0.2) is 0 Å². The molecule has 2 amide bonds. The van der Waals surface area contributed by atoms with Gasteiger partial charge in [0.25, 0.3) is 0 Å². The molecule has 2 aliphatic rings. The minimum absolute atomic E-state index is 0.00816. The number of amides is 2. The summed E-state index contributed by atoms with van der Waals surface area (Å²) < 4.78 is 0. The van der Waals surface area contributed by atoms with Crippen molar-refractivity contribution in [3.63, 3.8) is 0 Å². The average Bonchev–Trinajstić information content (AvgIpc) is 3.88. The highest BCUT2D eigenvalue weighted by molar-refractivity contribution is 6.09. The van der Waals surface area contributed by atoms with Gasteiger partial charge in [-0.15, -0.1) is 0 Å². The smallest absolute Gasteiger partial charge is 0.224 e. The summed E-state index contributed by atoms with van der Waals surface area (Å²) in [6, 6.07) is 28.8. The van der Waals surface area contributed by atoms with Crippen molar-refractivity contribution in [1.29, 1.82) is 0 Å². The Morgan fingerprint density at radius 3 is 1.35 bits per heavy atom. The Balaban J connectivity index is 0.951. The van der Waals surface area contributed by atoms with E-state index < -0.39 is 0 Å². The highest BCUT2D eigenvalue weighted by Crippen LogP contribution is 2.37. The number of nitrogens with one attached hydrogen (secondary N) is 4. The first-order valence-corrected chi connectivity index (χ1v) is 22.0. The number of allylic oxidation sites excluding steroid dienone is 4. The lowest BCUT2D eigenvalue weighted by Gasteiger charge is -2.17. The average molecular weight is 835 g/mol. The number of nitrogens with zero attached hydrogens (tertiary/aromatic N) is 2. The van der Waals surface area contributed by atoms with E-state index in [9.17, 15) is 9.59 Å². The molecule has 63 heavy (non-hydrogen) atoms. The molecular formula is C55H58N6O2. The summed E-state index contributed by atoms with van der Waals surface area (Å²) in [6.07, 6.45) is 5.55.